The van der Waals surface area contributed by atoms with E-state index in [1.165, 1.54) is 23.4 Å². The summed E-state index contributed by atoms with van der Waals surface area (Å²) < 4.78 is 39.0. The normalized spacial score (nSPS) is 18.9. The van der Waals surface area contributed by atoms with Gasteiger partial charge < -0.3 is 10.0 Å². The first-order chi connectivity index (χ1) is 14.3. The highest BCUT2D eigenvalue weighted by Crippen LogP contribution is 2.37. The van der Waals surface area contributed by atoms with Crippen LogP contribution in [0.2, 0.25) is 0 Å². The molecule has 1 aliphatic carbocycles. The molecular weight excluding hydrogens is 395 g/mol. The lowest BCUT2D eigenvalue weighted by Crippen LogP contribution is -2.45. The SMILES string of the molecule is O=C(CCc1n[nH]c2c1CCCC2)N1CCC(O)(c2cccc(C(F)(F)F)c2)CC1. The van der Waals surface area contributed by atoms with Crippen LogP contribution >= 0.6 is 0 Å². The molecule has 0 bridgehead atoms. The fourth-order valence-corrected chi connectivity index (χ4v) is 4.54. The standard InChI is InChI=1S/C22H26F3N3O2/c23-22(24,25)16-5-3-4-15(14-16)21(30)10-12-28(13-11-21)20(29)9-8-19-17-6-1-2-7-18(17)26-27-19/h3-5,14,30H,1-2,6-13H2,(H,26,27). The molecule has 1 aliphatic heterocycles. The van der Waals surface area contributed by atoms with Crippen molar-refractivity contribution in [1.29, 1.82) is 0 Å². The fourth-order valence-electron chi connectivity index (χ4n) is 4.54. The summed E-state index contributed by atoms with van der Waals surface area (Å²) in [5.41, 5.74) is 1.55. The molecule has 8 heteroatoms. The van der Waals surface area contributed by atoms with Crippen molar-refractivity contribution < 1.29 is 23.1 Å². The molecule has 0 radical (unpaired) electrons. The number of halogens is 3. The average Bonchev–Trinajstić information content (AvgIpc) is 3.15. The number of piperidine rings is 1. The number of aliphatic hydroxyl groups is 1. The summed E-state index contributed by atoms with van der Waals surface area (Å²) in [7, 11) is 0. The summed E-state index contributed by atoms with van der Waals surface area (Å²) in [6.45, 7) is 0.647. The van der Waals surface area contributed by atoms with Gasteiger partial charge in [0.1, 0.15) is 0 Å². The van der Waals surface area contributed by atoms with E-state index in [1.54, 1.807) is 4.90 Å². The minimum atomic E-state index is -4.45. The third-order valence-electron chi connectivity index (χ3n) is 6.39. The number of hydrogen-bond donors (Lipinski definition) is 2. The van der Waals surface area contributed by atoms with Crippen molar-refractivity contribution in [3.05, 3.63) is 52.3 Å². The minimum absolute atomic E-state index is 0.00588. The molecule has 1 aromatic carbocycles. The number of amides is 1. The number of aromatic amines is 1. The van der Waals surface area contributed by atoms with Crippen LogP contribution in [-0.4, -0.2) is 39.2 Å². The third-order valence-corrected chi connectivity index (χ3v) is 6.39. The molecule has 2 N–H and O–H groups in total. The quantitative estimate of drug-likeness (QED) is 0.790. The largest absolute Gasteiger partial charge is 0.416 e. The number of nitrogens with one attached hydrogen (secondary N) is 1. The fraction of sp³-hybridized carbons (Fsp3) is 0.545. The highest BCUT2D eigenvalue weighted by Gasteiger charge is 2.38. The number of rotatable bonds is 4. The van der Waals surface area contributed by atoms with Gasteiger partial charge in [-0.25, -0.2) is 0 Å². The van der Waals surface area contributed by atoms with Crippen molar-refractivity contribution in [1.82, 2.24) is 15.1 Å². The Labute approximate surface area is 173 Å². The summed E-state index contributed by atoms with van der Waals surface area (Å²) in [5.74, 6) is -0.00588. The van der Waals surface area contributed by atoms with Gasteiger partial charge in [0.05, 0.1) is 16.9 Å². The van der Waals surface area contributed by atoms with E-state index in [-0.39, 0.29) is 24.3 Å². The number of H-pyrrole nitrogens is 1. The summed E-state index contributed by atoms with van der Waals surface area (Å²) in [4.78, 5) is 14.3. The first kappa shape index (κ1) is 20.9. The molecule has 5 nitrogen and oxygen atoms in total. The second-order valence-electron chi connectivity index (χ2n) is 8.33. The number of carbonyl (C=O) groups excluding carboxylic acids is 1. The van der Waals surface area contributed by atoms with Crippen LogP contribution in [0, 0.1) is 0 Å². The molecule has 2 aliphatic rings. The van der Waals surface area contributed by atoms with Crippen LogP contribution in [0.3, 0.4) is 0 Å². The number of alkyl halides is 3. The number of aromatic nitrogens is 2. The molecule has 30 heavy (non-hydrogen) atoms. The number of carbonyl (C=O) groups is 1. The van der Waals surface area contributed by atoms with Crippen molar-refractivity contribution >= 4 is 5.91 Å². The number of likely N-dealkylation sites (tertiary alicyclic amines) is 1. The van der Waals surface area contributed by atoms with E-state index in [0.29, 0.717) is 25.9 Å². The highest BCUT2D eigenvalue weighted by atomic mass is 19.4. The van der Waals surface area contributed by atoms with Gasteiger partial charge in [-0.2, -0.15) is 18.3 Å². The Balaban J connectivity index is 1.35. The van der Waals surface area contributed by atoms with Gasteiger partial charge in [0.2, 0.25) is 5.91 Å². The molecule has 1 amide bonds. The number of nitrogens with zero attached hydrogens (tertiary/aromatic N) is 2. The van der Waals surface area contributed by atoms with Gasteiger partial charge >= 0.3 is 6.18 Å². The maximum absolute atomic E-state index is 13.0. The second kappa shape index (κ2) is 8.06. The van der Waals surface area contributed by atoms with Crippen LogP contribution in [0.25, 0.3) is 0 Å². The molecule has 0 unspecified atom stereocenters. The van der Waals surface area contributed by atoms with Gasteiger partial charge in [0.15, 0.2) is 0 Å². The topological polar surface area (TPSA) is 69.2 Å². The lowest BCUT2D eigenvalue weighted by Gasteiger charge is -2.38. The van der Waals surface area contributed by atoms with E-state index in [0.717, 1.165) is 43.5 Å². The third kappa shape index (κ3) is 4.24. The van der Waals surface area contributed by atoms with Crippen LogP contribution in [-0.2, 0) is 35.8 Å². The van der Waals surface area contributed by atoms with Crippen molar-refractivity contribution in [2.24, 2.45) is 0 Å². The highest BCUT2D eigenvalue weighted by molar-refractivity contribution is 5.76. The van der Waals surface area contributed by atoms with E-state index in [1.807, 2.05) is 0 Å². The van der Waals surface area contributed by atoms with E-state index < -0.39 is 17.3 Å². The van der Waals surface area contributed by atoms with Crippen LogP contribution in [0.15, 0.2) is 24.3 Å². The molecule has 1 aromatic heterocycles. The van der Waals surface area contributed by atoms with Gasteiger partial charge in [-0.1, -0.05) is 12.1 Å². The lowest BCUT2D eigenvalue weighted by molar-refractivity contribution is -0.137. The summed E-state index contributed by atoms with van der Waals surface area (Å²) >= 11 is 0. The summed E-state index contributed by atoms with van der Waals surface area (Å²) in [6.07, 6.45) is 1.24. The number of benzene rings is 1. The smallest absolute Gasteiger partial charge is 0.385 e. The van der Waals surface area contributed by atoms with Crippen LogP contribution < -0.4 is 0 Å². The number of hydrogen-bond acceptors (Lipinski definition) is 3. The molecule has 2 heterocycles. The Morgan fingerprint density at radius 1 is 1.20 bits per heavy atom. The van der Waals surface area contributed by atoms with Gasteiger partial charge in [0.25, 0.3) is 0 Å². The molecule has 0 spiro atoms. The maximum atomic E-state index is 13.0. The predicted molar refractivity (Wildman–Crippen MR) is 105 cm³/mol. The zero-order chi connectivity index (χ0) is 21.4. The van der Waals surface area contributed by atoms with Gasteiger partial charge in [-0.3, -0.25) is 9.89 Å². The van der Waals surface area contributed by atoms with E-state index >= 15 is 0 Å². The van der Waals surface area contributed by atoms with E-state index in [2.05, 4.69) is 10.2 Å². The maximum Gasteiger partial charge on any atom is 0.416 e. The van der Waals surface area contributed by atoms with Crippen molar-refractivity contribution in [2.75, 3.05) is 13.1 Å². The molecule has 2 aromatic rings. The minimum Gasteiger partial charge on any atom is -0.385 e. The molecule has 0 saturated carbocycles. The predicted octanol–water partition coefficient (Wildman–Crippen LogP) is 3.75. The van der Waals surface area contributed by atoms with Gasteiger partial charge in [0, 0.05) is 31.6 Å². The lowest BCUT2D eigenvalue weighted by atomic mass is 9.83. The van der Waals surface area contributed by atoms with Crippen LogP contribution in [0.1, 0.15) is 60.2 Å². The summed E-state index contributed by atoms with van der Waals surface area (Å²) in [5, 5.41) is 18.4. The van der Waals surface area contributed by atoms with E-state index in [4.69, 9.17) is 0 Å². The Morgan fingerprint density at radius 3 is 2.67 bits per heavy atom. The molecule has 1 fully saturated rings. The summed E-state index contributed by atoms with van der Waals surface area (Å²) in [6, 6.07) is 4.85. The van der Waals surface area contributed by atoms with Crippen molar-refractivity contribution in [2.45, 2.75) is 63.1 Å². The first-order valence-corrected chi connectivity index (χ1v) is 10.5. The average molecular weight is 421 g/mol. The zero-order valence-electron chi connectivity index (χ0n) is 16.8. The molecular formula is C22H26F3N3O2. The zero-order valence-corrected chi connectivity index (χ0v) is 16.8. The molecule has 0 atom stereocenters. The van der Waals surface area contributed by atoms with Crippen LogP contribution in [0.5, 0.6) is 0 Å². The molecule has 1 saturated heterocycles. The molecule has 162 valence electrons. The van der Waals surface area contributed by atoms with Crippen molar-refractivity contribution in [3.63, 3.8) is 0 Å². The first-order valence-electron chi connectivity index (χ1n) is 10.5. The monoisotopic (exact) mass is 421 g/mol. The Hall–Kier alpha value is -2.35. The number of fused-ring (bicyclic) bond motifs is 1. The molecule has 4 rings (SSSR count). The number of aryl methyl sites for hydroxylation is 2. The van der Waals surface area contributed by atoms with Gasteiger partial charge in [-0.15, -0.1) is 0 Å². The van der Waals surface area contributed by atoms with E-state index in [9.17, 15) is 23.1 Å². The Bertz CT molecular complexity index is 915. The second-order valence-corrected chi connectivity index (χ2v) is 8.33. The van der Waals surface area contributed by atoms with Crippen LogP contribution in [0.4, 0.5) is 13.2 Å². The Kier molecular flexibility index (Phi) is 5.61. The van der Waals surface area contributed by atoms with Gasteiger partial charge in [-0.05, 0) is 61.8 Å². The van der Waals surface area contributed by atoms with Crippen molar-refractivity contribution in [3.8, 4) is 0 Å². The Morgan fingerprint density at radius 2 is 1.93 bits per heavy atom.